The van der Waals surface area contributed by atoms with Crippen molar-refractivity contribution in [3.63, 3.8) is 0 Å². The Bertz CT molecular complexity index is 442. The molecule has 0 aliphatic heterocycles. The Balaban J connectivity index is 2.38. The van der Waals surface area contributed by atoms with Gasteiger partial charge >= 0.3 is 0 Å². The van der Waals surface area contributed by atoms with E-state index in [1.807, 2.05) is 37.3 Å². The highest BCUT2D eigenvalue weighted by Gasteiger charge is 2.09. The Morgan fingerprint density at radius 2 is 2.22 bits per heavy atom. The zero-order chi connectivity index (χ0) is 13.4. The molecule has 0 heterocycles. The van der Waals surface area contributed by atoms with Crippen molar-refractivity contribution in [2.24, 2.45) is 0 Å². The van der Waals surface area contributed by atoms with Crippen LogP contribution in [0.4, 0.5) is 0 Å². The first-order valence-corrected chi connectivity index (χ1v) is 6.56. The van der Waals surface area contributed by atoms with Crippen LogP contribution in [0.2, 0.25) is 0 Å². The van der Waals surface area contributed by atoms with Gasteiger partial charge in [-0.25, -0.2) is 0 Å². The quantitative estimate of drug-likeness (QED) is 0.791. The summed E-state index contributed by atoms with van der Waals surface area (Å²) >= 11 is 3.48. The van der Waals surface area contributed by atoms with Crippen LogP contribution in [0.1, 0.15) is 24.9 Å². The molecule has 1 rings (SSSR count). The SMILES string of the molecule is C[C@H](NCC(=O)NCCC#N)c1ccccc1Br. The molecule has 0 aliphatic carbocycles. The second kappa shape index (κ2) is 7.85. The molecule has 0 saturated carbocycles. The minimum absolute atomic E-state index is 0.0855. The van der Waals surface area contributed by atoms with Gasteiger partial charge in [-0.3, -0.25) is 4.79 Å². The fraction of sp³-hybridized carbons (Fsp3) is 0.385. The highest BCUT2D eigenvalue weighted by molar-refractivity contribution is 9.10. The number of benzene rings is 1. The lowest BCUT2D eigenvalue weighted by Crippen LogP contribution is -2.35. The van der Waals surface area contributed by atoms with Gasteiger partial charge in [0.1, 0.15) is 0 Å². The van der Waals surface area contributed by atoms with E-state index in [9.17, 15) is 4.79 Å². The molecular formula is C13H16BrN3O. The molecule has 1 atom stereocenters. The van der Waals surface area contributed by atoms with Crippen molar-refractivity contribution in [1.29, 1.82) is 5.26 Å². The summed E-state index contributed by atoms with van der Waals surface area (Å²) in [5.74, 6) is -0.0934. The molecule has 1 amide bonds. The van der Waals surface area contributed by atoms with Crippen LogP contribution in [0.5, 0.6) is 0 Å². The first kappa shape index (κ1) is 14.7. The van der Waals surface area contributed by atoms with Gasteiger partial charge in [0.2, 0.25) is 5.91 Å². The highest BCUT2D eigenvalue weighted by atomic mass is 79.9. The molecular weight excluding hydrogens is 294 g/mol. The number of nitriles is 1. The van der Waals surface area contributed by atoms with Crippen LogP contribution in [-0.2, 0) is 4.79 Å². The van der Waals surface area contributed by atoms with E-state index < -0.39 is 0 Å². The molecule has 0 radical (unpaired) electrons. The zero-order valence-corrected chi connectivity index (χ0v) is 11.8. The van der Waals surface area contributed by atoms with Crippen molar-refractivity contribution in [3.8, 4) is 6.07 Å². The molecule has 0 aliphatic rings. The second-order valence-corrected chi connectivity index (χ2v) is 4.74. The first-order valence-electron chi connectivity index (χ1n) is 5.76. The van der Waals surface area contributed by atoms with E-state index in [0.717, 1.165) is 10.0 Å². The van der Waals surface area contributed by atoms with Crippen LogP contribution in [0.25, 0.3) is 0 Å². The van der Waals surface area contributed by atoms with Crippen LogP contribution in [0.15, 0.2) is 28.7 Å². The lowest BCUT2D eigenvalue weighted by atomic mass is 10.1. The summed E-state index contributed by atoms with van der Waals surface area (Å²) in [6.07, 6.45) is 0.339. The van der Waals surface area contributed by atoms with Crippen LogP contribution in [0.3, 0.4) is 0 Å². The summed E-state index contributed by atoms with van der Waals surface area (Å²) in [6, 6.07) is 9.96. The number of carbonyl (C=O) groups excluding carboxylic acids is 1. The third-order valence-corrected chi connectivity index (χ3v) is 3.22. The summed E-state index contributed by atoms with van der Waals surface area (Å²) in [5, 5.41) is 14.2. The summed E-state index contributed by atoms with van der Waals surface area (Å²) in [4.78, 5) is 11.4. The van der Waals surface area contributed by atoms with E-state index in [0.29, 0.717) is 13.0 Å². The smallest absolute Gasteiger partial charge is 0.234 e. The number of hydrogen-bond acceptors (Lipinski definition) is 3. The standard InChI is InChI=1S/C13H16BrN3O/c1-10(11-5-2-3-6-12(11)14)17-9-13(18)16-8-4-7-15/h2-3,5-6,10,17H,4,8-9H2,1H3,(H,16,18)/t10-/m0/s1. The number of halogens is 1. The van der Waals surface area contributed by atoms with E-state index >= 15 is 0 Å². The van der Waals surface area contributed by atoms with E-state index in [-0.39, 0.29) is 18.5 Å². The van der Waals surface area contributed by atoms with Crippen molar-refractivity contribution >= 4 is 21.8 Å². The third-order valence-electron chi connectivity index (χ3n) is 2.50. The minimum atomic E-state index is -0.0934. The third kappa shape index (κ3) is 4.86. The minimum Gasteiger partial charge on any atom is -0.354 e. The number of amides is 1. The van der Waals surface area contributed by atoms with E-state index in [4.69, 9.17) is 5.26 Å². The Kier molecular flexibility index (Phi) is 6.40. The van der Waals surface area contributed by atoms with Crippen LogP contribution >= 0.6 is 15.9 Å². The van der Waals surface area contributed by atoms with Gasteiger partial charge in [0, 0.05) is 17.1 Å². The van der Waals surface area contributed by atoms with Gasteiger partial charge in [0.25, 0.3) is 0 Å². The number of nitrogens with zero attached hydrogens (tertiary/aromatic N) is 1. The molecule has 96 valence electrons. The molecule has 0 saturated heterocycles. The maximum absolute atomic E-state index is 11.4. The van der Waals surface area contributed by atoms with Crippen molar-refractivity contribution in [2.75, 3.05) is 13.1 Å². The molecule has 2 N–H and O–H groups in total. The maximum atomic E-state index is 11.4. The second-order valence-electron chi connectivity index (χ2n) is 3.88. The van der Waals surface area contributed by atoms with Crippen LogP contribution < -0.4 is 10.6 Å². The van der Waals surface area contributed by atoms with Gasteiger partial charge in [-0.15, -0.1) is 0 Å². The Morgan fingerprint density at radius 3 is 2.89 bits per heavy atom. The van der Waals surface area contributed by atoms with Crippen molar-refractivity contribution < 1.29 is 4.79 Å². The van der Waals surface area contributed by atoms with Gasteiger partial charge in [0.05, 0.1) is 19.0 Å². The Hall–Kier alpha value is -1.38. The molecule has 1 aromatic rings. The van der Waals surface area contributed by atoms with Gasteiger partial charge in [-0.2, -0.15) is 5.26 Å². The van der Waals surface area contributed by atoms with Crippen LogP contribution in [-0.4, -0.2) is 19.0 Å². The number of hydrogen-bond donors (Lipinski definition) is 2. The van der Waals surface area contributed by atoms with Gasteiger partial charge < -0.3 is 10.6 Å². The van der Waals surface area contributed by atoms with Crippen LogP contribution in [0, 0.1) is 11.3 Å². The Labute approximate surface area is 116 Å². The molecule has 18 heavy (non-hydrogen) atoms. The molecule has 1 aromatic carbocycles. The topological polar surface area (TPSA) is 64.9 Å². The number of nitrogens with one attached hydrogen (secondary N) is 2. The number of rotatable bonds is 6. The number of carbonyl (C=O) groups is 1. The van der Waals surface area contributed by atoms with E-state index in [2.05, 4.69) is 26.6 Å². The van der Waals surface area contributed by atoms with Gasteiger partial charge in [-0.1, -0.05) is 34.1 Å². The summed E-state index contributed by atoms with van der Waals surface area (Å²) < 4.78 is 1.02. The average molecular weight is 310 g/mol. The molecule has 0 fully saturated rings. The van der Waals surface area contributed by atoms with Gasteiger partial charge in [-0.05, 0) is 18.6 Å². The first-order chi connectivity index (χ1) is 8.65. The van der Waals surface area contributed by atoms with Gasteiger partial charge in [0.15, 0.2) is 0 Å². The predicted octanol–water partition coefficient (Wildman–Crippen LogP) is 2.13. The lowest BCUT2D eigenvalue weighted by molar-refractivity contribution is -0.120. The van der Waals surface area contributed by atoms with Crippen molar-refractivity contribution in [2.45, 2.75) is 19.4 Å². The maximum Gasteiger partial charge on any atom is 0.234 e. The fourth-order valence-electron chi connectivity index (χ4n) is 1.50. The molecule has 0 unspecified atom stereocenters. The highest BCUT2D eigenvalue weighted by Crippen LogP contribution is 2.22. The largest absolute Gasteiger partial charge is 0.354 e. The molecule has 0 bridgehead atoms. The summed E-state index contributed by atoms with van der Waals surface area (Å²) in [6.45, 7) is 2.65. The van der Waals surface area contributed by atoms with E-state index in [1.54, 1.807) is 0 Å². The molecule has 5 heteroatoms. The Morgan fingerprint density at radius 1 is 1.50 bits per heavy atom. The fourth-order valence-corrected chi connectivity index (χ4v) is 2.13. The molecule has 4 nitrogen and oxygen atoms in total. The lowest BCUT2D eigenvalue weighted by Gasteiger charge is -2.15. The predicted molar refractivity (Wildman–Crippen MR) is 73.8 cm³/mol. The average Bonchev–Trinajstić information content (AvgIpc) is 2.37. The summed E-state index contributed by atoms with van der Waals surface area (Å²) in [5.41, 5.74) is 1.11. The van der Waals surface area contributed by atoms with E-state index in [1.165, 1.54) is 0 Å². The normalized spacial score (nSPS) is 11.6. The zero-order valence-electron chi connectivity index (χ0n) is 10.2. The molecule has 0 aromatic heterocycles. The monoisotopic (exact) mass is 309 g/mol. The van der Waals surface area contributed by atoms with Crippen molar-refractivity contribution in [1.82, 2.24) is 10.6 Å². The van der Waals surface area contributed by atoms with Crippen molar-refractivity contribution in [3.05, 3.63) is 34.3 Å². The molecule has 0 spiro atoms. The summed E-state index contributed by atoms with van der Waals surface area (Å²) in [7, 11) is 0.